The maximum atomic E-state index is 13.2. The molecule has 1 amide bonds. The van der Waals surface area contributed by atoms with Gasteiger partial charge in [0.1, 0.15) is 6.04 Å². The van der Waals surface area contributed by atoms with E-state index in [1.165, 1.54) is 0 Å². The van der Waals surface area contributed by atoms with Gasteiger partial charge in [0.15, 0.2) is 0 Å². The fraction of sp³-hybridized carbons (Fsp3) is 0.722. The van der Waals surface area contributed by atoms with Crippen molar-refractivity contribution in [1.82, 2.24) is 14.4 Å². The van der Waals surface area contributed by atoms with E-state index in [0.29, 0.717) is 5.92 Å². The van der Waals surface area contributed by atoms with Crippen LogP contribution in [0.2, 0.25) is 0 Å². The van der Waals surface area contributed by atoms with E-state index in [2.05, 4.69) is 49.1 Å². The zero-order valence-electron chi connectivity index (χ0n) is 14.5. The van der Waals surface area contributed by atoms with E-state index in [-0.39, 0.29) is 22.8 Å². The summed E-state index contributed by atoms with van der Waals surface area (Å²) in [5, 5.41) is 0. The van der Waals surface area contributed by atoms with Crippen LogP contribution < -0.4 is 0 Å². The molecule has 0 aromatic carbocycles. The van der Waals surface area contributed by atoms with Crippen molar-refractivity contribution >= 4 is 5.91 Å². The Morgan fingerprint density at radius 3 is 1.95 bits per heavy atom. The quantitative estimate of drug-likeness (QED) is 0.858. The molecular formula is C18H29N3O. The highest BCUT2D eigenvalue weighted by Gasteiger charge is 2.58. The molecule has 0 bridgehead atoms. The normalized spacial score (nSPS) is 33.5. The number of fused-ring (bicyclic) bond motifs is 1. The Morgan fingerprint density at radius 1 is 1.00 bits per heavy atom. The van der Waals surface area contributed by atoms with Gasteiger partial charge in [-0.2, -0.15) is 0 Å². The lowest BCUT2D eigenvalue weighted by Gasteiger charge is -2.30. The van der Waals surface area contributed by atoms with E-state index in [1.807, 2.05) is 24.5 Å². The Labute approximate surface area is 134 Å². The van der Waals surface area contributed by atoms with Crippen LogP contribution in [0.15, 0.2) is 24.5 Å². The lowest BCUT2D eigenvalue weighted by molar-refractivity contribution is -0.135. The van der Waals surface area contributed by atoms with Crippen LogP contribution in [0.1, 0.15) is 33.7 Å². The minimum atomic E-state index is -0.0845. The fourth-order valence-electron chi connectivity index (χ4n) is 4.64. The van der Waals surface area contributed by atoms with Crippen molar-refractivity contribution in [2.24, 2.45) is 16.7 Å². The van der Waals surface area contributed by atoms with E-state index in [1.54, 1.807) is 0 Å². The standard InChI is InChI=1S/C18H29N3O/c1-14(2)15(20-8-6-7-9-20)16(22)21-12-17(3)10-19(5)11-18(17,4)13-21/h6-9,14-15H,10-13H2,1-5H3. The largest absolute Gasteiger partial charge is 0.342 e. The number of carbonyl (C=O) groups is 1. The lowest BCUT2D eigenvalue weighted by atomic mass is 9.71. The number of amides is 1. The monoisotopic (exact) mass is 303 g/mol. The molecule has 4 heteroatoms. The van der Waals surface area contributed by atoms with Crippen LogP contribution >= 0.6 is 0 Å². The molecule has 3 atom stereocenters. The van der Waals surface area contributed by atoms with E-state index >= 15 is 0 Å². The first kappa shape index (κ1) is 15.6. The summed E-state index contributed by atoms with van der Waals surface area (Å²) in [4.78, 5) is 17.7. The third-order valence-corrected chi connectivity index (χ3v) is 5.92. The lowest BCUT2D eigenvalue weighted by Crippen LogP contribution is -2.40. The molecule has 122 valence electrons. The third kappa shape index (κ3) is 2.28. The minimum absolute atomic E-state index is 0.0845. The van der Waals surface area contributed by atoms with Gasteiger partial charge in [0.2, 0.25) is 5.91 Å². The van der Waals surface area contributed by atoms with Gasteiger partial charge in [-0.1, -0.05) is 27.7 Å². The number of hydrogen-bond donors (Lipinski definition) is 0. The number of likely N-dealkylation sites (tertiary alicyclic amines) is 2. The highest BCUT2D eigenvalue weighted by Crippen LogP contribution is 2.51. The molecule has 2 aliphatic heterocycles. The highest BCUT2D eigenvalue weighted by atomic mass is 16.2. The molecule has 3 rings (SSSR count). The molecule has 0 aliphatic carbocycles. The second-order valence-electron chi connectivity index (χ2n) is 8.31. The smallest absolute Gasteiger partial charge is 0.245 e. The topological polar surface area (TPSA) is 28.5 Å². The third-order valence-electron chi connectivity index (χ3n) is 5.92. The molecule has 0 saturated carbocycles. The molecule has 3 unspecified atom stereocenters. The van der Waals surface area contributed by atoms with Crippen LogP contribution in [0.3, 0.4) is 0 Å². The van der Waals surface area contributed by atoms with Gasteiger partial charge in [0.25, 0.3) is 0 Å². The number of hydrogen-bond acceptors (Lipinski definition) is 2. The predicted molar refractivity (Wildman–Crippen MR) is 88.6 cm³/mol. The summed E-state index contributed by atoms with van der Waals surface area (Å²) in [6, 6.07) is 3.91. The van der Waals surface area contributed by atoms with Crippen LogP contribution in [-0.4, -0.2) is 53.5 Å². The summed E-state index contributed by atoms with van der Waals surface area (Å²) in [5.74, 6) is 0.578. The van der Waals surface area contributed by atoms with Gasteiger partial charge in [-0.15, -0.1) is 0 Å². The van der Waals surface area contributed by atoms with E-state index < -0.39 is 0 Å². The van der Waals surface area contributed by atoms with Gasteiger partial charge in [0, 0.05) is 49.4 Å². The molecule has 2 fully saturated rings. The second kappa shape index (κ2) is 5.12. The highest BCUT2D eigenvalue weighted by molar-refractivity contribution is 5.81. The van der Waals surface area contributed by atoms with Gasteiger partial charge < -0.3 is 14.4 Å². The van der Waals surface area contributed by atoms with Gasteiger partial charge in [-0.05, 0) is 25.1 Å². The van der Waals surface area contributed by atoms with Crippen molar-refractivity contribution in [2.45, 2.75) is 33.7 Å². The van der Waals surface area contributed by atoms with Crippen LogP contribution in [0, 0.1) is 16.7 Å². The number of carbonyl (C=O) groups excluding carboxylic acids is 1. The maximum Gasteiger partial charge on any atom is 0.245 e. The molecule has 2 saturated heterocycles. The molecule has 22 heavy (non-hydrogen) atoms. The van der Waals surface area contributed by atoms with Crippen molar-refractivity contribution in [3.05, 3.63) is 24.5 Å². The molecule has 1 aromatic rings. The van der Waals surface area contributed by atoms with Gasteiger partial charge >= 0.3 is 0 Å². The van der Waals surface area contributed by atoms with Crippen molar-refractivity contribution in [3.8, 4) is 0 Å². The molecule has 0 spiro atoms. The van der Waals surface area contributed by atoms with Crippen LogP contribution in [0.5, 0.6) is 0 Å². The Balaban J connectivity index is 1.82. The van der Waals surface area contributed by atoms with Crippen molar-refractivity contribution in [1.29, 1.82) is 0 Å². The van der Waals surface area contributed by atoms with Crippen molar-refractivity contribution in [2.75, 3.05) is 33.2 Å². The van der Waals surface area contributed by atoms with Gasteiger partial charge in [0.05, 0.1) is 0 Å². The first-order valence-corrected chi connectivity index (χ1v) is 8.36. The average molecular weight is 303 g/mol. The molecule has 1 aromatic heterocycles. The predicted octanol–water partition coefficient (Wildman–Crippen LogP) is 2.49. The van der Waals surface area contributed by atoms with E-state index in [9.17, 15) is 4.79 Å². The van der Waals surface area contributed by atoms with E-state index in [0.717, 1.165) is 26.2 Å². The van der Waals surface area contributed by atoms with Crippen molar-refractivity contribution < 1.29 is 4.79 Å². The zero-order valence-corrected chi connectivity index (χ0v) is 14.5. The molecule has 0 radical (unpaired) electrons. The molecule has 4 nitrogen and oxygen atoms in total. The molecular weight excluding hydrogens is 274 g/mol. The number of aromatic nitrogens is 1. The Bertz CT molecular complexity index is 533. The first-order chi connectivity index (χ1) is 10.3. The summed E-state index contributed by atoms with van der Waals surface area (Å²) in [6.45, 7) is 12.9. The zero-order chi connectivity index (χ0) is 16.1. The number of nitrogens with zero attached hydrogens (tertiary/aromatic N) is 3. The fourth-order valence-corrected chi connectivity index (χ4v) is 4.64. The summed E-state index contributed by atoms with van der Waals surface area (Å²) >= 11 is 0. The molecule has 3 heterocycles. The molecule has 0 N–H and O–H groups in total. The second-order valence-corrected chi connectivity index (χ2v) is 8.31. The van der Waals surface area contributed by atoms with E-state index in [4.69, 9.17) is 0 Å². The summed E-state index contributed by atoms with van der Waals surface area (Å²) in [6.07, 6.45) is 4.02. The Kier molecular flexibility index (Phi) is 3.63. The molecule has 2 aliphatic rings. The number of rotatable bonds is 3. The van der Waals surface area contributed by atoms with Crippen LogP contribution in [0.25, 0.3) is 0 Å². The summed E-state index contributed by atoms with van der Waals surface area (Å²) in [7, 11) is 2.19. The van der Waals surface area contributed by atoms with Crippen LogP contribution in [0.4, 0.5) is 0 Å². The Hall–Kier alpha value is -1.29. The first-order valence-electron chi connectivity index (χ1n) is 8.36. The van der Waals surface area contributed by atoms with Gasteiger partial charge in [-0.3, -0.25) is 4.79 Å². The average Bonchev–Trinajstić information content (AvgIpc) is 3.01. The Morgan fingerprint density at radius 2 is 1.50 bits per heavy atom. The summed E-state index contributed by atoms with van der Waals surface area (Å²) < 4.78 is 2.07. The summed E-state index contributed by atoms with van der Waals surface area (Å²) in [5.41, 5.74) is 0.436. The van der Waals surface area contributed by atoms with Gasteiger partial charge in [-0.25, -0.2) is 0 Å². The minimum Gasteiger partial charge on any atom is -0.342 e. The van der Waals surface area contributed by atoms with Crippen molar-refractivity contribution in [3.63, 3.8) is 0 Å². The SMILES string of the molecule is CC(C)C(C(=O)N1CC2(C)CN(C)CC2(C)C1)n1cccc1. The van der Waals surface area contributed by atoms with Crippen LogP contribution in [-0.2, 0) is 4.79 Å². The maximum absolute atomic E-state index is 13.2.